The van der Waals surface area contributed by atoms with Gasteiger partial charge < -0.3 is 15.2 Å². The highest BCUT2D eigenvalue weighted by Gasteiger charge is 2.23. The first-order valence-electron chi connectivity index (χ1n) is 6.74. The van der Waals surface area contributed by atoms with Crippen molar-refractivity contribution in [3.63, 3.8) is 0 Å². The molecule has 23 heavy (non-hydrogen) atoms. The monoisotopic (exact) mass is 336 g/mol. The summed E-state index contributed by atoms with van der Waals surface area (Å²) in [6, 6.07) is 10.8. The number of carboxylic acid groups (broad SMARTS) is 1. The molecule has 0 radical (unpaired) electrons. The Hall–Kier alpha value is -2.58. The Labute approximate surface area is 133 Å². The van der Waals surface area contributed by atoms with Crippen LogP contribution in [0.1, 0.15) is 17.3 Å². The second kappa shape index (κ2) is 6.67. The van der Waals surface area contributed by atoms with E-state index in [-0.39, 0.29) is 17.0 Å². The number of aromatic carboxylic acids is 1. The maximum atomic E-state index is 11.9. The fourth-order valence-electron chi connectivity index (χ4n) is 1.97. The number of carbonyl (C=O) groups is 1. The Morgan fingerprint density at radius 3 is 2.43 bits per heavy atom. The average molecular weight is 336 g/mol. The Balaban J connectivity index is 2.67. The highest BCUT2D eigenvalue weighted by Crippen LogP contribution is 2.37. The third kappa shape index (κ3) is 3.99. The number of sulfonamides is 1. The lowest BCUT2D eigenvalue weighted by Crippen LogP contribution is -2.16. The van der Waals surface area contributed by atoms with Gasteiger partial charge in [-0.1, -0.05) is 18.2 Å². The second-order valence-corrected chi connectivity index (χ2v) is 6.18. The van der Waals surface area contributed by atoms with E-state index in [1.807, 2.05) is 0 Å². The molecular formula is C15H16N2O5S. The minimum absolute atomic E-state index is 0.0365. The topological polar surface area (TPSA) is 119 Å². The SMILES string of the molecule is CCNc1cc(C(=O)O)cc(S(N)(=O)=O)c1Oc1ccccc1. The van der Waals surface area contributed by atoms with Gasteiger partial charge in [0.25, 0.3) is 0 Å². The van der Waals surface area contributed by atoms with Crippen LogP contribution in [-0.4, -0.2) is 26.0 Å². The van der Waals surface area contributed by atoms with Crippen molar-refractivity contribution >= 4 is 21.7 Å². The van der Waals surface area contributed by atoms with Gasteiger partial charge in [0.1, 0.15) is 10.6 Å². The number of rotatable bonds is 6. The molecule has 8 heteroatoms. The minimum atomic E-state index is -4.18. The number of anilines is 1. The van der Waals surface area contributed by atoms with Crippen LogP contribution in [0, 0.1) is 0 Å². The van der Waals surface area contributed by atoms with Crippen LogP contribution in [0.15, 0.2) is 47.4 Å². The lowest BCUT2D eigenvalue weighted by molar-refractivity contribution is 0.0696. The molecule has 0 spiro atoms. The van der Waals surface area contributed by atoms with Crippen LogP contribution in [0.3, 0.4) is 0 Å². The Morgan fingerprint density at radius 2 is 1.91 bits per heavy atom. The van der Waals surface area contributed by atoms with Crippen LogP contribution in [0.2, 0.25) is 0 Å². The van der Waals surface area contributed by atoms with Crippen molar-refractivity contribution in [3.05, 3.63) is 48.0 Å². The van der Waals surface area contributed by atoms with Crippen molar-refractivity contribution in [1.29, 1.82) is 0 Å². The van der Waals surface area contributed by atoms with Crippen LogP contribution >= 0.6 is 0 Å². The van der Waals surface area contributed by atoms with E-state index in [0.29, 0.717) is 12.3 Å². The quantitative estimate of drug-likeness (QED) is 0.744. The highest BCUT2D eigenvalue weighted by molar-refractivity contribution is 7.89. The van der Waals surface area contributed by atoms with Gasteiger partial charge in [0, 0.05) is 6.54 Å². The maximum absolute atomic E-state index is 11.9. The van der Waals surface area contributed by atoms with E-state index in [0.717, 1.165) is 6.07 Å². The van der Waals surface area contributed by atoms with Crippen LogP contribution in [-0.2, 0) is 10.0 Å². The van der Waals surface area contributed by atoms with Gasteiger partial charge in [-0.2, -0.15) is 0 Å². The standard InChI is InChI=1S/C15H16N2O5S/c1-2-17-12-8-10(15(18)19)9-13(23(16,20)21)14(12)22-11-6-4-3-5-7-11/h3-9,17H,2H2,1H3,(H,18,19)(H2,16,20,21). The van der Waals surface area contributed by atoms with Gasteiger partial charge in [-0.3, -0.25) is 0 Å². The molecule has 0 saturated heterocycles. The number of ether oxygens (including phenoxy) is 1. The molecule has 0 amide bonds. The molecule has 0 bridgehead atoms. The second-order valence-electron chi connectivity index (χ2n) is 4.65. The van der Waals surface area contributed by atoms with Gasteiger partial charge in [0.15, 0.2) is 5.75 Å². The van der Waals surface area contributed by atoms with Crippen LogP contribution in [0.5, 0.6) is 11.5 Å². The summed E-state index contributed by atoms with van der Waals surface area (Å²) >= 11 is 0. The van der Waals surface area contributed by atoms with Crippen molar-refractivity contribution in [2.75, 3.05) is 11.9 Å². The largest absolute Gasteiger partial charge is 0.478 e. The first kappa shape index (κ1) is 16.8. The number of para-hydroxylation sites is 1. The van der Waals surface area contributed by atoms with E-state index >= 15 is 0 Å². The van der Waals surface area contributed by atoms with Crippen molar-refractivity contribution in [3.8, 4) is 11.5 Å². The molecule has 4 N–H and O–H groups in total. The highest BCUT2D eigenvalue weighted by atomic mass is 32.2. The van der Waals surface area contributed by atoms with Crippen LogP contribution in [0.25, 0.3) is 0 Å². The lowest BCUT2D eigenvalue weighted by Gasteiger charge is -2.16. The molecule has 2 aromatic carbocycles. The molecule has 0 heterocycles. The molecule has 122 valence electrons. The van der Waals surface area contributed by atoms with E-state index in [9.17, 15) is 13.2 Å². The smallest absolute Gasteiger partial charge is 0.335 e. The van der Waals surface area contributed by atoms with Crippen molar-refractivity contribution in [2.45, 2.75) is 11.8 Å². The van der Waals surface area contributed by atoms with Gasteiger partial charge in [-0.05, 0) is 31.2 Å². The summed E-state index contributed by atoms with van der Waals surface area (Å²) in [4.78, 5) is 10.8. The Morgan fingerprint density at radius 1 is 1.26 bits per heavy atom. The van der Waals surface area contributed by atoms with E-state index in [1.165, 1.54) is 6.07 Å². The third-order valence-electron chi connectivity index (χ3n) is 2.94. The Bertz CT molecular complexity index is 819. The zero-order valence-corrected chi connectivity index (χ0v) is 13.1. The van der Waals surface area contributed by atoms with E-state index in [2.05, 4.69) is 5.32 Å². The molecule has 0 aliphatic carbocycles. The molecule has 0 fully saturated rings. The molecule has 2 rings (SSSR count). The third-order valence-corrected chi connectivity index (χ3v) is 3.85. The summed E-state index contributed by atoms with van der Waals surface area (Å²) in [7, 11) is -4.18. The van der Waals surface area contributed by atoms with Crippen LogP contribution in [0.4, 0.5) is 5.69 Å². The lowest BCUT2D eigenvalue weighted by atomic mass is 10.2. The summed E-state index contributed by atoms with van der Waals surface area (Å²) < 4.78 is 29.3. The van der Waals surface area contributed by atoms with Crippen LogP contribution < -0.4 is 15.2 Å². The molecule has 0 aliphatic rings. The summed E-state index contributed by atoms with van der Waals surface area (Å²) in [6.45, 7) is 2.23. The van der Waals surface area contributed by atoms with Gasteiger partial charge in [0.05, 0.1) is 11.3 Å². The molecule has 0 aliphatic heterocycles. The number of carboxylic acids is 1. The number of benzene rings is 2. The first-order valence-corrected chi connectivity index (χ1v) is 8.28. The zero-order chi connectivity index (χ0) is 17.0. The summed E-state index contributed by atoms with van der Waals surface area (Å²) in [5, 5.41) is 17.3. The number of hydrogen-bond acceptors (Lipinski definition) is 5. The van der Waals surface area contributed by atoms with E-state index in [1.54, 1.807) is 37.3 Å². The fourth-order valence-corrected chi connectivity index (χ4v) is 2.67. The fraction of sp³-hybridized carbons (Fsp3) is 0.133. The summed E-state index contributed by atoms with van der Waals surface area (Å²) in [5.74, 6) is -0.898. The number of nitrogens with one attached hydrogen (secondary N) is 1. The number of nitrogens with two attached hydrogens (primary N) is 1. The summed E-state index contributed by atoms with van der Waals surface area (Å²) in [6.07, 6.45) is 0. The molecule has 0 saturated carbocycles. The zero-order valence-electron chi connectivity index (χ0n) is 12.3. The molecule has 0 unspecified atom stereocenters. The minimum Gasteiger partial charge on any atom is -0.478 e. The predicted molar refractivity (Wildman–Crippen MR) is 85.5 cm³/mol. The number of hydrogen-bond donors (Lipinski definition) is 3. The molecule has 7 nitrogen and oxygen atoms in total. The van der Waals surface area contributed by atoms with Gasteiger partial charge in [0.2, 0.25) is 10.0 Å². The van der Waals surface area contributed by atoms with E-state index < -0.39 is 20.9 Å². The van der Waals surface area contributed by atoms with Crippen molar-refractivity contribution < 1.29 is 23.1 Å². The molecule has 0 atom stereocenters. The normalized spacial score (nSPS) is 11.0. The number of primary sulfonamides is 1. The molecule has 2 aromatic rings. The predicted octanol–water partition coefficient (Wildman–Crippen LogP) is 2.26. The average Bonchev–Trinajstić information content (AvgIpc) is 2.48. The van der Waals surface area contributed by atoms with Gasteiger partial charge in [-0.25, -0.2) is 18.4 Å². The maximum Gasteiger partial charge on any atom is 0.335 e. The Kier molecular flexibility index (Phi) is 4.87. The van der Waals surface area contributed by atoms with Crippen molar-refractivity contribution in [1.82, 2.24) is 0 Å². The first-order chi connectivity index (χ1) is 10.8. The van der Waals surface area contributed by atoms with Gasteiger partial charge >= 0.3 is 5.97 Å². The molecular weight excluding hydrogens is 320 g/mol. The van der Waals surface area contributed by atoms with Gasteiger partial charge in [-0.15, -0.1) is 0 Å². The van der Waals surface area contributed by atoms with Crippen molar-refractivity contribution in [2.24, 2.45) is 5.14 Å². The molecule has 0 aromatic heterocycles. The van der Waals surface area contributed by atoms with E-state index in [4.69, 9.17) is 15.0 Å². The summed E-state index contributed by atoms with van der Waals surface area (Å²) in [5.41, 5.74) is 0.0330.